The van der Waals surface area contributed by atoms with Gasteiger partial charge in [0.05, 0.1) is 0 Å². The van der Waals surface area contributed by atoms with E-state index in [0.717, 1.165) is 63.7 Å². The monoisotopic (exact) mass is 779 g/mol. The summed E-state index contributed by atoms with van der Waals surface area (Å²) in [5.74, 6) is -0.0486. The lowest BCUT2D eigenvalue weighted by Crippen LogP contribution is -2.30. The molecule has 0 radical (unpaired) electrons. The fraction of sp³-hybridized carbons (Fsp3) is 0.939. The zero-order chi connectivity index (χ0) is 40.3. The second-order valence-electron chi connectivity index (χ2n) is 17.2. The molecule has 6 heteroatoms. The van der Waals surface area contributed by atoms with E-state index in [2.05, 4.69) is 27.7 Å². The van der Waals surface area contributed by atoms with Crippen molar-refractivity contribution in [1.29, 1.82) is 0 Å². The topological polar surface area (TPSA) is 78.9 Å². The van der Waals surface area contributed by atoms with Crippen LogP contribution in [0.5, 0.6) is 0 Å². The standard InChI is InChI=1S/C49H94O6/c1-5-7-9-11-13-14-15-16-17-18-19-20-21-22-25-30-34-38-42-49(52)55-46(43-53-47(50)40-36-32-27-12-10-8-6-2)44-54-48(51)41-37-33-29-26-23-24-28-31-35-39-45(3)4/h45-46H,5-44H2,1-4H3/t46-/m1/s1. The Morgan fingerprint density at radius 2 is 0.600 bits per heavy atom. The van der Waals surface area contributed by atoms with Gasteiger partial charge in [-0.1, -0.05) is 233 Å². The molecule has 0 saturated carbocycles. The summed E-state index contributed by atoms with van der Waals surface area (Å²) < 4.78 is 16.7. The van der Waals surface area contributed by atoms with Gasteiger partial charge in [0.15, 0.2) is 6.10 Å². The third-order valence-electron chi connectivity index (χ3n) is 11.0. The maximum Gasteiger partial charge on any atom is 0.306 e. The number of ether oxygens (including phenoxy) is 3. The first-order chi connectivity index (χ1) is 26.9. The molecular weight excluding hydrogens is 685 g/mol. The summed E-state index contributed by atoms with van der Waals surface area (Å²) in [4.78, 5) is 37.7. The highest BCUT2D eigenvalue weighted by Crippen LogP contribution is 2.17. The molecule has 0 bridgehead atoms. The molecular formula is C49H94O6. The Morgan fingerprint density at radius 1 is 0.345 bits per heavy atom. The first kappa shape index (κ1) is 53.4. The molecule has 0 aromatic rings. The van der Waals surface area contributed by atoms with Crippen LogP contribution in [0.3, 0.4) is 0 Å². The normalized spacial score (nSPS) is 11.9. The van der Waals surface area contributed by atoms with Crippen LogP contribution in [-0.4, -0.2) is 37.2 Å². The van der Waals surface area contributed by atoms with E-state index in [0.29, 0.717) is 19.3 Å². The van der Waals surface area contributed by atoms with Crippen molar-refractivity contribution in [2.24, 2.45) is 5.92 Å². The van der Waals surface area contributed by atoms with Gasteiger partial charge in [-0.2, -0.15) is 0 Å². The lowest BCUT2D eigenvalue weighted by atomic mass is 10.0. The number of hydrogen-bond acceptors (Lipinski definition) is 6. The van der Waals surface area contributed by atoms with E-state index in [1.807, 2.05) is 0 Å². The van der Waals surface area contributed by atoms with Gasteiger partial charge in [0.2, 0.25) is 0 Å². The summed E-state index contributed by atoms with van der Waals surface area (Å²) in [6, 6.07) is 0. The molecule has 0 N–H and O–H groups in total. The maximum atomic E-state index is 12.7. The van der Waals surface area contributed by atoms with E-state index in [-0.39, 0.29) is 31.1 Å². The van der Waals surface area contributed by atoms with Gasteiger partial charge in [-0.15, -0.1) is 0 Å². The van der Waals surface area contributed by atoms with Gasteiger partial charge < -0.3 is 14.2 Å². The van der Waals surface area contributed by atoms with Crippen molar-refractivity contribution >= 4 is 17.9 Å². The molecule has 0 aliphatic carbocycles. The second kappa shape index (κ2) is 43.5. The first-order valence-corrected chi connectivity index (χ1v) is 24.4. The van der Waals surface area contributed by atoms with Crippen LogP contribution in [-0.2, 0) is 28.6 Å². The molecule has 0 aromatic carbocycles. The summed E-state index contributed by atoms with van der Waals surface area (Å²) >= 11 is 0. The van der Waals surface area contributed by atoms with Crippen LogP contribution >= 0.6 is 0 Å². The Morgan fingerprint density at radius 3 is 0.891 bits per heavy atom. The molecule has 0 unspecified atom stereocenters. The van der Waals surface area contributed by atoms with E-state index in [4.69, 9.17) is 14.2 Å². The van der Waals surface area contributed by atoms with Gasteiger partial charge in [0.25, 0.3) is 0 Å². The molecule has 0 saturated heterocycles. The van der Waals surface area contributed by atoms with Crippen LogP contribution in [0.1, 0.15) is 272 Å². The number of unbranched alkanes of at least 4 members (excludes halogenated alkanes) is 31. The fourth-order valence-corrected chi connectivity index (χ4v) is 7.33. The van der Waals surface area contributed by atoms with Gasteiger partial charge >= 0.3 is 17.9 Å². The highest BCUT2D eigenvalue weighted by molar-refractivity contribution is 5.71. The van der Waals surface area contributed by atoms with E-state index in [9.17, 15) is 14.4 Å². The van der Waals surface area contributed by atoms with Crippen LogP contribution in [0.4, 0.5) is 0 Å². The van der Waals surface area contributed by atoms with Crippen molar-refractivity contribution in [2.45, 2.75) is 278 Å². The Labute approximate surface area is 342 Å². The Balaban J connectivity index is 4.20. The summed E-state index contributed by atoms with van der Waals surface area (Å²) in [6.07, 6.45) is 43.9. The van der Waals surface area contributed by atoms with E-state index in [1.54, 1.807) is 0 Å². The fourth-order valence-electron chi connectivity index (χ4n) is 7.33. The second-order valence-corrected chi connectivity index (χ2v) is 17.2. The SMILES string of the molecule is CCCCCCCCCCCCCCCCCCCCC(=O)O[C@H](COC(=O)CCCCCCCCC)COC(=O)CCCCCCCCCCCC(C)C. The minimum atomic E-state index is -0.759. The molecule has 326 valence electrons. The number of carbonyl (C=O) groups is 3. The highest BCUT2D eigenvalue weighted by atomic mass is 16.6. The lowest BCUT2D eigenvalue weighted by molar-refractivity contribution is -0.167. The van der Waals surface area contributed by atoms with Crippen LogP contribution in [0, 0.1) is 5.92 Å². The third-order valence-corrected chi connectivity index (χ3v) is 11.0. The smallest absolute Gasteiger partial charge is 0.306 e. The van der Waals surface area contributed by atoms with Crippen LogP contribution < -0.4 is 0 Å². The van der Waals surface area contributed by atoms with Gasteiger partial charge in [0, 0.05) is 19.3 Å². The summed E-state index contributed by atoms with van der Waals surface area (Å²) in [7, 11) is 0. The van der Waals surface area contributed by atoms with Crippen molar-refractivity contribution in [3.8, 4) is 0 Å². The van der Waals surface area contributed by atoms with Crippen molar-refractivity contribution in [2.75, 3.05) is 13.2 Å². The van der Waals surface area contributed by atoms with Gasteiger partial charge in [-0.3, -0.25) is 14.4 Å². The quantitative estimate of drug-likeness (QED) is 0.0348. The molecule has 0 aliphatic rings. The largest absolute Gasteiger partial charge is 0.462 e. The van der Waals surface area contributed by atoms with Gasteiger partial charge in [-0.25, -0.2) is 0 Å². The average Bonchev–Trinajstić information content (AvgIpc) is 3.17. The molecule has 0 heterocycles. The van der Waals surface area contributed by atoms with Gasteiger partial charge in [-0.05, 0) is 25.2 Å². The third kappa shape index (κ3) is 43.4. The van der Waals surface area contributed by atoms with Crippen LogP contribution in [0.2, 0.25) is 0 Å². The molecule has 0 aliphatic heterocycles. The Kier molecular flexibility index (Phi) is 42.3. The molecule has 0 amide bonds. The Bertz CT molecular complexity index is 826. The first-order valence-electron chi connectivity index (χ1n) is 24.4. The molecule has 1 atom stereocenters. The minimum Gasteiger partial charge on any atom is -0.462 e. The zero-order valence-corrected chi connectivity index (χ0v) is 37.4. The maximum absolute atomic E-state index is 12.7. The molecule has 0 rings (SSSR count). The van der Waals surface area contributed by atoms with Gasteiger partial charge in [0.1, 0.15) is 13.2 Å². The predicted molar refractivity (Wildman–Crippen MR) is 233 cm³/mol. The molecule has 0 spiro atoms. The Hall–Kier alpha value is -1.59. The summed E-state index contributed by atoms with van der Waals surface area (Å²) in [5.41, 5.74) is 0. The molecule has 55 heavy (non-hydrogen) atoms. The zero-order valence-electron chi connectivity index (χ0n) is 37.4. The van der Waals surface area contributed by atoms with E-state index < -0.39 is 6.10 Å². The number of rotatable bonds is 44. The molecule has 0 fully saturated rings. The summed E-state index contributed by atoms with van der Waals surface area (Å²) in [6.45, 7) is 8.95. The molecule has 0 aromatic heterocycles. The van der Waals surface area contributed by atoms with Crippen molar-refractivity contribution in [3.63, 3.8) is 0 Å². The van der Waals surface area contributed by atoms with E-state index >= 15 is 0 Å². The van der Waals surface area contributed by atoms with E-state index in [1.165, 1.54) is 167 Å². The number of carbonyl (C=O) groups excluding carboxylic acids is 3. The lowest BCUT2D eigenvalue weighted by Gasteiger charge is -2.18. The van der Waals surface area contributed by atoms with Crippen molar-refractivity contribution in [3.05, 3.63) is 0 Å². The molecule has 6 nitrogen and oxygen atoms in total. The number of esters is 3. The predicted octanol–water partition coefficient (Wildman–Crippen LogP) is 15.5. The highest BCUT2D eigenvalue weighted by Gasteiger charge is 2.19. The van der Waals surface area contributed by atoms with Crippen LogP contribution in [0.25, 0.3) is 0 Å². The minimum absolute atomic E-state index is 0.0643. The number of hydrogen-bond donors (Lipinski definition) is 0. The van der Waals surface area contributed by atoms with Crippen molar-refractivity contribution in [1.82, 2.24) is 0 Å². The average molecular weight is 779 g/mol. The van der Waals surface area contributed by atoms with Crippen molar-refractivity contribution < 1.29 is 28.6 Å². The van der Waals surface area contributed by atoms with Crippen LogP contribution in [0.15, 0.2) is 0 Å². The summed E-state index contributed by atoms with van der Waals surface area (Å²) in [5, 5.41) is 0.